The topological polar surface area (TPSA) is 49.2 Å². The third-order valence-corrected chi connectivity index (χ3v) is 7.47. The van der Waals surface area contributed by atoms with E-state index in [-0.39, 0.29) is 0 Å². The Morgan fingerprint density at radius 1 is 0.722 bits per heavy atom. The van der Waals surface area contributed by atoms with Gasteiger partial charge >= 0.3 is 0 Å². The molecule has 0 fully saturated rings. The van der Waals surface area contributed by atoms with Crippen LogP contribution < -0.4 is 9.47 Å². The van der Waals surface area contributed by atoms with Crippen molar-refractivity contribution in [3.05, 3.63) is 65.4 Å². The first-order valence-corrected chi connectivity index (χ1v) is 13.4. The van der Waals surface area contributed by atoms with Crippen LogP contribution in [-0.4, -0.2) is 29.0 Å². The lowest BCUT2D eigenvalue weighted by molar-refractivity contribution is 0.356. The largest absolute Gasteiger partial charge is 0.493 e. The summed E-state index contributed by atoms with van der Waals surface area (Å²) in [4.78, 5) is 5.37. The Hall–Kier alpha value is -3.34. The minimum Gasteiger partial charge on any atom is -0.493 e. The lowest BCUT2D eigenvalue weighted by Crippen LogP contribution is -2.06. The van der Waals surface area contributed by atoms with Gasteiger partial charge in [0, 0.05) is 10.9 Å². The van der Waals surface area contributed by atoms with Gasteiger partial charge in [-0.15, -0.1) is 0 Å². The van der Waals surface area contributed by atoms with Gasteiger partial charge in [0.1, 0.15) is 0 Å². The van der Waals surface area contributed by atoms with Crippen molar-refractivity contribution in [3.8, 4) is 28.4 Å². The number of aromatic nitrogens is 3. The Kier molecular flexibility index (Phi) is 7.55. The van der Waals surface area contributed by atoms with Crippen LogP contribution in [0.2, 0.25) is 0 Å². The molecular weight excluding hydrogens is 446 g/mol. The molecule has 0 amide bonds. The molecule has 5 heteroatoms. The molecule has 0 aliphatic heterocycles. The first-order valence-electron chi connectivity index (χ1n) is 13.4. The number of methoxy groups -OCH3 is 2. The molecule has 36 heavy (non-hydrogen) atoms. The van der Waals surface area contributed by atoms with Crippen LogP contribution in [0.15, 0.2) is 48.5 Å². The summed E-state index contributed by atoms with van der Waals surface area (Å²) in [7, 11) is 3.40. The number of pyridine rings is 1. The number of para-hydroxylation sites is 2. The highest BCUT2D eigenvalue weighted by Gasteiger charge is 2.24. The molecule has 0 atom stereocenters. The summed E-state index contributed by atoms with van der Waals surface area (Å²) in [6.45, 7) is 2.13. The molecule has 2 aromatic carbocycles. The standard InChI is InChI=1S/C31H37N3O2/c1-22-28-24-18-13-8-6-4-5-7-9-14-19-25(24)29(26-20-15-21-27(35-2)30(26)36-3)32-31(28)34(33-22)23-16-11-10-12-17-23/h10-12,15-17,20-21H,4-9,13-14,18-19H2,1-3H3. The maximum absolute atomic E-state index is 5.89. The van der Waals surface area contributed by atoms with Crippen molar-refractivity contribution in [2.75, 3.05) is 14.2 Å². The van der Waals surface area contributed by atoms with Crippen molar-refractivity contribution in [1.29, 1.82) is 0 Å². The fourth-order valence-corrected chi connectivity index (χ4v) is 5.69. The Morgan fingerprint density at radius 2 is 1.39 bits per heavy atom. The fraction of sp³-hybridized carbons (Fsp3) is 0.419. The van der Waals surface area contributed by atoms with Gasteiger partial charge in [-0.3, -0.25) is 0 Å². The van der Waals surface area contributed by atoms with E-state index in [9.17, 15) is 0 Å². The zero-order valence-electron chi connectivity index (χ0n) is 21.8. The zero-order valence-corrected chi connectivity index (χ0v) is 21.8. The van der Waals surface area contributed by atoms with Crippen LogP contribution in [0.4, 0.5) is 0 Å². The van der Waals surface area contributed by atoms with E-state index in [4.69, 9.17) is 19.6 Å². The van der Waals surface area contributed by atoms with Gasteiger partial charge in [-0.25, -0.2) is 9.67 Å². The highest BCUT2D eigenvalue weighted by atomic mass is 16.5. The average molecular weight is 484 g/mol. The van der Waals surface area contributed by atoms with E-state index in [2.05, 4.69) is 37.3 Å². The summed E-state index contributed by atoms with van der Waals surface area (Å²) >= 11 is 0. The van der Waals surface area contributed by atoms with Gasteiger partial charge < -0.3 is 9.47 Å². The normalized spacial score (nSPS) is 15.1. The van der Waals surface area contributed by atoms with Crippen molar-refractivity contribution in [3.63, 3.8) is 0 Å². The number of rotatable bonds is 4. The van der Waals surface area contributed by atoms with Crippen LogP contribution >= 0.6 is 0 Å². The molecule has 1 aliphatic carbocycles. The molecule has 2 heterocycles. The minimum absolute atomic E-state index is 0.728. The van der Waals surface area contributed by atoms with Gasteiger partial charge in [0.2, 0.25) is 0 Å². The monoisotopic (exact) mass is 483 g/mol. The number of hydrogen-bond donors (Lipinski definition) is 0. The second-order valence-corrected chi connectivity index (χ2v) is 9.82. The van der Waals surface area contributed by atoms with E-state index in [1.165, 1.54) is 67.9 Å². The Balaban J connectivity index is 1.80. The van der Waals surface area contributed by atoms with Crippen molar-refractivity contribution in [1.82, 2.24) is 14.8 Å². The van der Waals surface area contributed by atoms with E-state index >= 15 is 0 Å². The van der Waals surface area contributed by atoms with Crippen LogP contribution in [0.25, 0.3) is 28.0 Å². The van der Waals surface area contributed by atoms with Crippen LogP contribution in [0, 0.1) is 6.92 Å². The van der Waals surface area contributed by atoms with Gasteiger partial charge in [-0.2, -0.15) is 5.10 Å². The van der Waals surface area contributed by atoms with Crippen LogP contribution in [0.1, 0.15) is 68.2 Å². The van der Waals surface area contributed by atoms with Crippen LogP contribution in [-0.2, 0) is 12.8 Å². The smallest absolute Gasteiger partial charge is 0.170 e. The van der Waals surface area contributed by atoms with E-state index in [1.807, 2.05) is 22.9 Å². The highest BCUT2D eigenvalue weighted by molar-refractivity contribution is 5.89. The van der Waals surface area contributed by atoms with Crippen LogP contribution in [0.3, 0.4) is 0 Å². The van der Waals surface area contributed by atoms with Gasteiger partial charge in [-0.05, 0) is 68.0 Å². The quantitative estimate of drug-likeness (QED) is 0.299. The molecule has 0 unspecified atom stereocenters. The molecule has 2 aromatic heterocycles. The summed E-state index contributed by atoms with van der Waals surface area (Å²) < 4.78 is 13.6. The molecule has 188 valence electrons. The molecule has 0 saturated heterocycles. The summed E-state index contributed by atoms with van der Waals surface area (Å²) in [6, 6.07) is 16.4. The summed E-state index contributed by atoms with van der Waals surface area (Å²) in [6.07, 6.45) is 12.3. The molecule has 5 nitrogen and oxygen atoms in total. The number of benzene rings is 2. The number of aryl methyl sites for hydroxylation is 2. The van der Waals surface area contributed by atoms with Gasteiger partial charge in [0.05, 0.1) is 31.3 Å². The van der Waals surface area contributed by atoms with E-state index in [0.29, 0.717) is 0 Å². The predicted octanol–water partition coefficient (Wildman–Crippen LogP) is 7.63. The second-order valence-electron chi connectivity index (χ2n) is 9.82. The molecule has 0 spiro atoms. The fourth-order valence-electron chi connectivity index (χ4n) is 5.69. The summed E-state index contributed by atoms with van der Waals surface area (Å²) in [5.41, 5.74) is 7.76. The summed E-state index contributed by atoms with van der Waals surface area (Å²) in [5.74, 6) is 1.47. The zero-order chi connectivity index (χ0) is 24.9. The summed E-state index contributed by atoms with van der Waals surface area (Å²) in [5, 5.41) is 6.23. The van der Waals surface area contributed by atoms with E-state index in [0.717, 1.165) is 52.6 Å². The third kappa shape index (κ3) is 4.71. The average Bonchev–Trinajstić information content (AvgIpc) is 3.24. The van der Waals surface area contributed by atoms with Crippen molar-refractivity contribution < 1.29 is 9.47 Å². The van der Waals surface area contributed by atoms with Crippen molar-refractivity contribution in [2.24, 2.45) is 0 Å². The molecule has 1 aliphatic rings. The Labute approximate surface area is 214 Å². The maximum Gasteiger partial charge on any atom is 0.170 e. The van der Waals surface area contributed by atoms with Gasteiger partial charge in [0.25, 0.3) is 0 Å². The first kappa shape index (κ1) is 24.4. The van der Waals surface area contributed by atoms with Gasteiger partial charge in [-0.1, -0.05) is 62.8 Å². The van der Waals surface area contributed by atoms with Gasteiger partial charge in [0.15, 0.2) is 17.1 Å². The van der Waals surface area contributed by atoms with E-state index in [1.54, 1.807) is 14.2 Å². The molecule has 4 aromatic rings. The molecule has 0 radical (unpaired) electrons. The molecule has 0 bridgehead atoms. The number of fused-ring (bicyclic) bond motifs is 3. The molecule has 5 rings (SSSR count). The lowest BCUT2D eigenvalue weighted by atomic mass is 9.89. The molecule has 0 saturated carbocycles. The van der Waals surface area contributed by atoms with Crippen molar-refractivity contribution >= 4 is 11.0 Å². The lowest BCUT2D eigenvalue weighted by Gasteiger charge is -2.20. The third-order valence-electron chi connectivity index (χ3n) is 7.47. The van der Waals surface area contributed by atoms with E-state index < -0.39 is 0 Å². The number of nitrogens with zero attached hydrogens (tertiary/aromatic N) is 3. The minimum atomic E-state index is 0.728. The molecule has 0 N–H and O–H groups in total. The van der Waals surface area contributed by atoms with Crippen LogP contribution in [0.5, 0.6) is 11.5 Å². The maximum atomic E-state index is 5.89. The number of hydrogen-bond acceptors (Lipinski definition) is 4. The highest BCUT2D eigenvalue weighted by Crippen LogP contribution is 2.42. The second kappa shape index (κ2) is 11.2. The SMILES string of the molecule is COc1cccc(-c2nc3c(c(C)nn3-c3ccccc3)c3c2CCCCCCCCCC3)c1OC. The Bertz CT molecular complexity index is 1330. The Morgan fingerprint density at radius 3 is 2.06 bits per heavy atom. The first-order chi connectivity index (χ1) is 17.7. The predicted molar refractivity (Wildman–Crippen MR) is 146 cm³/mol. The van der Waals surface area contributed by atoms with Crippen molar-refractivity contribution in [2.45, 2.75) is 71.1 Å². The molecular formula is C31H37N3O2. The number of ether oxygens (including phenoxy) is 2.